The summed E-state index contributed by atoms with van der Waals surface area (Å²) in [6, 6.07) is 6.86. The van der Waals surface area contributed by atoms with Crippen LogP contribution in [0.25, 0.3) is 0 Å². The normalized spacial score (nSPS) is 21.2. The predicted octanol–water partition coefficient (Wildman–Crippen LogP) is 2.01. The summed E-state index contributed by atoms with van der Waals surface area (Å²) in [7, 11) is 0. The number of morpholine rings is 1. The highest BCUT2D eigenvalue weighted by Gasteiger charge is 2.29. The van der Waals surface area contributed by atoms with Crippen LogP contribution in [-0.2, 0) is 9.53 Å². The monoisotopic (exact) mass is 283 g/mol. The van der Waals surface area contributed by atoms with E-state index >= 15 is 0 Å². The van der Waals surface area contributed by atoms with E-state index < -0.39 is 6.10 Å². The van der Waals surface area contributed by atoms with Crippen molar-refractivity contribution >= 4 is 17.5 Å². The van der Waals surface area contributed by atoms with Crippen molar-refractivity contribution in [3.63, 3.8) is 0 Å². The Hall–Kier alpha value is -1.10. The Morgan fingerprint density at radius 2 is 2.32 bits per heavy atom. The van der Waals surface area contributed by atoms with Gasteiger partial charge in [-0.2, -0.15) is 0 Å². The van der Waals surface area contributed by atoms with Gasteiger partial charge in [-0.05, 0) is 12.5 Å². The number of hydrogen-bond donors (Lipinski definition) is 1. The van der Waals surface area contributed by atoms with Crippen molar-refractivity contribution < 1.29 is 14.6 Å². The summed E-state index contributed by atoms with van der Waals surface area (Å²) in [4.78, 5) is 13.9. The second-order valence-corrected chi connectivity index (χ2v) is 5.02. The van der Waals surface area contributed by atoms with Gasteiger partial charge in [0.25, 0.3) is 5.91 Å². The van der Waals surface area contributed by atoms with E-state index in [1.165, 1.54) is 0 Å². The Bertz CT molecular complexity index is 452. The van der Waals surface area contributed by atoms with Crippen molar-refractivity contribution in [1.29, 1.82) is 0 Å². The molecule has 1 amide bonds. The third-order valence-corrected chi connectivity index (χ3v) is 3.68. The van der Waals surface area contributed by atoms with E-state index in [0.29, 0.717) is 30.3 Å². The molecule has 1 aliphatic heterocycles. The first kappa shape index (κ1) is 14.3. The second kappa shape index (κ2) is 6.37. The average molecular weight is 284 g/mol. The molecule has 0 saturated carbocycles. The molecule has 1 aromatic carbocycles. The smallest absolute Gasteiger partial charge is 0.256 e. The summed E-state index contributed by atoms with van der Waals surface area (Å²) in [5.41, 5.74) is 0.453. The van der Waals surface area contributed by atoms with E-state index in [1.54, 1.807) is 29.2 Å². The van der Waals surface area contributed by atoms with Gasteiger partial charge in [0.15, 0.2) is 6.10 Å². The van der Waals surface area contributed by atoms with Gasteiger partial charge in [0.1, 0.15) is 0 Å². The Morgan fingerprint density at radius 1 is 1.58 bits per heavy atom. The van der Waals surface area contributed by atoms with E-state index in [-0.39, 0.29) is 12.0 Å². The van der Waals surface area contributed by atoms with E-state index in [1.807, 2.05) is 6.92 Å². The van der Waals surface area contributed by atoms with Gasteiger partial charge in [0, 0.05) is 23.7 Å². The van der Waals surface area contributed by atoms with Crippen LogP contribution in [0.3, 0.4) is 0 Å². The van der Waals surface area contributed by atoms with Gasteiger partial charge in [-0.25, -0.2) is 0 Å². The maximum Gasteiger partial charge on any atom is 0.256 e. The van der Waals surface area contributed by atoms with Gasteiger partial charge in [-0.15, -0.1) is 0 Å². The lowest BCUT2D eigenvalue weighted by atomic mass is 10.1. The molecule has 0 aromatic heterocycles. The van der Waals surface area contributed by atoms with E-state index in [9.17, 15) is 9.90 Å². The number of hydrogen-bond acceptors (Lipinski definition) is 3. The molecule has 0 spiro atoms. The van der Waals surface area contributed by atoms with Gasteiger partial charge < -0.3 is 14.7 Å². The Labute approximate surface area is 117 Å². The van der Waals surface area contributed by atoms with Crippen molar-refractivity contribution in [2.75, 3.05) is 19.7 Å². The Morgan fingerprint density at radius 3 is 3.00 bits per heavy atom. The number of nitrogens with zero attached hydrogens (tertiary/aromatic N) is 1. The average Bonchev–Trinajstić information content (AvgIpc) is 2.46. The fraction of sp³-hybridized carbons (Fsp3) is 0.500. The summed E-state index contributed by atoms with van der Waals surface area (Å²) in [5, 5.41) is 10.6. The maximum absolute atomic E-state index is 12.3. The van der Waals surface area contributed by atoms with Gasteiger partial charge in [0.2, 0.25) is 0 Å². The van der Waals surface area contributed by atoms with Crippen molar-refractivity contribution in [3.8, 4) is 0 Å². The lowest BCUT2D eigenvalue weighted by molar-refractivity contribution is -0.148. The summed E-state index contributed by atoms with van der Waals surface area (Å²) < 4.78 is 5.52. The van der Waals surface area contributed by atoms with Crippen LogP contribution in [0.5, 0.6) is 0 Å². The number of aliphatic hydroxyl groups excluding tert-OH is 1. The fourth-order valence-electron chi connectivity index (χ4n) is 2.17. The molecular weight excluding hydrogens is 266 g/mol. The highest BCUT2D eigenvalue weighted by atomic mass is 35.5. The fourth-order valence-corrected chi connectivity index (χ4v) is 2.41. The molecule has 0 radical (unpaired) electrons. The summed E-state index contributed by atoms with van der Waals surface area (Å²) in [5.74, 6) is -0.310. The molecule has 2 atom stereocenters. The minimum absolute atomic E-state index is 0.0520. The molecule has 1 N–H and O–H groups in total. The van der Waals surface area contributed by atoms with Crippen LogP contribution in [0.4, 0.5) is 0 Å². The number of amides is 1. The largest absolute Gasteiger partial charge is 0.378 e. The first-order chi connectivity index (χ1) is 9.13. The molecule has 1 saturated heterocycles. The highest BCUT2D eigenvalue weighted by Crippen LogP contribution is 2.24. The predicted molar refractivity (Wildman–Crippen MR) is 73.0 cm³/mol. The minimum atomic E-state index is -1.20. The van der Waals surface area contributed by atoms with E-state index in [2.05, 4.69) is 0 Å². The molecule has 1 fully saturated rings. The number of ether oxygens (including phenoxy) is 1. The van der Waals surface area contributed by atoms with E-state index in [4.69, 9.17) is 16.3 Å². The number of benzene rings is 1. The number of rotatable bonds is 3. The number of halogens is 1. The lowest BCUT2D eigenvalue weighted by Crippen LogP contribution is -2.47. The highest BCUT2D eigenvalue weighted by molar-refractivity contribution is 6.31. The Balaban J connectivity index is 2.09. The third-order valence-electron chi connectivity index (χ3n) is 3.34. The number of aliphatic hydroxyl groups is 1. The summed E-state index contributed by atoms with van der Waals surface area (Å²) in [6.45, 7) is 3.57. The van der Waals surface area contributed by atoms with Crippen LogP contribution in [0.1, 0.15) is 25.0 Å². The van der Waals surface area contributed by atoms with Crippen LogP contribution in [-0.4, -0.2) is 41.7 Å². The zero-order chi connectivity index (χ0) is 13.8. The molecule has 1 aliphatic rings. The van der Waals surface area contributed by atoms with Gasteiger partial charge in [-0.3, -0.25) is 4.79 Å². The van der Waals surface area contributed by atoms with Gasteiger partial charge in [0.05, 0.1) is 12.7 Å². The van der Waals surface area contributed by atoms with Crippen molar-refractivity contribution in [2.45, 2.75) is 25.6 Å². The van der Waals surface area contributed by atoms with Gasteiger partial charge >= 0.3 is 0 Å². The standard InChI is InChI=1S/C14H18ClNO3/c1-2-10-9-16(7-8-19-10)14(18)13(17)11-5-3-4-6-12(11)15/h3-6,10,13,17H,2,7-9H2,1H3/t10-,13-/m1/s1. The van der Waals surface area contributed by atoms with Crippen LogP contribution in [0, 0.1) is 0 Å². The lowest BCUT2D eigenvalue weighted by Gasteiger charge is -2.33. The first-order valence-electron chi connectivity index (χ1n) is 6.46. The first-order valence-corrected chi connectivity index (χ1v) is 6.84. The van der Waals surface area contributed by atoms with Crippen molar-refractivity contribution in [2.24, 2.45) is 0 Å². The molecule has 0 unspecified atom stereocenters. The van der Waals surface area contributed by atoms with Crippen LogP contribution in [0.2, 0.25) is 5.02 Å². The molecule has 0 aliphatic carbocycles. The maximum atomic E-state index is 12.3. The molecule has 1 aromatic rings. The van der Waals surface area contributed by atoms with Gasteiger partial charge in [-0.1, -0.05) is 36.7 Å². The molecule has 5 heteroatoms. The van der Waals surface area contributed by atoms with Crippen LogP contribution < -0.4 is 0 Å². The molecule has 104 valence electrons. The SMILES string of the molecule is CC[C@@H]1CN(C(=O)[C@H](O)c2ccccc2Cl)CCO1. The second-order valence-electron chi connectivity index (χ2n) is 4.61. The topological polar surface area (TPSA) is 49.8 Å². The van der Waals surface area contributed by atoms with Crippen LogP contribution >= 0.6 is 11.6 Å². The number of carbonyl (C=O) groups is 1. The molecule has 1 heterocycles. The zero-order valence-corrected chi connectivity index (χ0v) is 11.6. The Kier molecular flexibility index (Phi) is 4.80. The summed E-state index contributed by atoms with van der Waals surface area (Å²) >= 11 is 6.00. The van der Waals surface area contributed by atoms with Crippen LogP contribution in [0.15, 0.2) is 24.3 Å². The van der Waals surface area contributed by atoms with Crippen molar-refractivity contribution in [1.82, 2.24) is 4.90 Å². The molecular formula is C14H18ClNO3. The molecule has 19 heavy (non-hydrogen) atoms. The molecule has 4 nitrogen and oxygen atoms in total. The van der Waals surface area contributed by atoms with E-state index in [0.717, 1.165) is 6.42 Å². The summed E-state index contributed by atoms with van der Waals surface area (Å²) in [6.07, 6.45) is -0.299. The number of carbonyl (C=O) groups excluding carboxylic acids is 1. The minimum Gasteiger partial charge on any atom is -0.378 e. The zero-order valence-electron chi connectivity index (χ0n) is 10.9. The van der Waals surface area contributed by atoms with Crippen molar-refractivity contribution in [3.05, 3.63) is 34.9 Å². The molecule has 0 bridgehead atoms. The quantitative estimate of drug-likeness (QED) is 0.923. The molecule has 2 rings (SSSR count). The third kappa shape index (κ3) is 3.26.